The van der Waals surface area contributed by atoms with Crippen LogP contribution in [0, 0.1) is 0 Å². The Bertz CT molecular complexity index is 1910. The van der Waals surface area contributed by atoms with Crippen molar-refractivity contribution in [2.75, 3.05) is 0 Å². The normalized spacial score (nSPS) is 12.1. The Morgan fingerprint density at radius 1 is 0.561 bits per heavy atom. The Morgan fingerprint density at radius 2 is 1.12 bits per heavy atom. The van der Waals surface area contributed by atoms with Crippen molar-refractivity contribution in [2.45, 2.75) is 33.1 Å². The lowest BCUT2D eigenvalue weighted by molar-refractivity contribution is 0.591. The first-order valence-corrected chi connectivity index (χ1v) is 14.4. The largest absolute Gasteiger partial charge is 0.0985 e. The van der Waals surface area contributed by atoms with Gasteiger partial charge < -0.3 is 0 Å². The van der Waals surface area contributed by atoms with Crippen LogP contribution in [0.5, 0.6) is 0 Å². The van der Waals surface area contributed by atoms with Crippen LogP contribution in [0.25, 0.3) is 60.5 Å². The summed E-state index contributed by atoms with van der Waals surface area (Å²) >= 11 is 0. The maximum absolute atomic E-state index is 4.19. The number of fused-ring (bicyclic) bond motifs is 2. The zero-order valence-corrected chi connectivity index (χ0v) is 24.4. The molecule has 6 aromatic rings. The van der Waals surface area contributed by atoms with Gasteiger partial charge in [-0.1, -0.05) is 155 Å². The minimum Gasteiger partial charge on any atom is -0.0985 e. The molecule has 0 aromatic heterocycles. The average molecular weight is 529 g/mol. The number of hydrogen-bond donors (Lipinski definition) is 0. The van der Waals surface area contributed by atoms with Gasteiger partial charge in [0.2, 0.25) is 0 Å². The van der Waals surface area contributed by atoms with Crippen LogP contribution in [-0.4, -0.2) is 0 Å². The molecule has 0 saturated heterocycles. The van der Waals surface area contributed by atoms with Crippen molar-refractivity contribution < 1.29 is 0 Å². The fourth-order valence-corrected chi connectivity index (χ4v) is 6.04. The van der Waals surface area contributed by atoms with Crippen molar-refractivity contribution in [1.82, 2.24) is 0 Å². The van der Waals surface area contributed by atoms with E-state index in [-0.39, 0.29) is 5.41 Å². The SMILES string of the molecule is C=C/C(=C\C)c1c2ccccc2c(-c2ccccc2-c2ccc(-c3ccccc3)cc2)c2ccc(C(C)(C)C)cc12. The summed E-state index contributed by atoms with van der Waals surface area (Å²) in [6, 6.07) is 44.3. The Balaban J connectivity index is 1.66. The van der Waals surface area contributed by atoms with Crippen molar-refractivity contribution in [2.24, 2.45) is 0 Å². The molecule has 0 N–H and O–H groups in total. The molecule has 0 nitrogen and oxygen atoms in total. The molecule has 0 heterocycles. The van der Waals surface area contributed by atoms with Gasteiger partial charge in [-0.2, -0.15) is 0 Å². The van der Waals surface area contributed by atoms with E-state index >= 15 is 0 Å². The van der Waals surface area contributed by atoms with E-state index in [1.54, 1.807) is 0 Å². The molecule has 0 radical (unpaired) electrons. The van der Waals surface area contributed by atoms with Gasteiger partial charge in [-0.05, 0) is 90.0 Å². The molecule has 0 spiro atoms. The first kappa shape index (κ1) is 26.5. The smallest absolute Gasteiger partial charge is 0.00201 e. The van der Waals surface area contributed by atoms with Crippen molar-refractivity contribution >= 4 is 27.1 Å². The fraction of sp³-hybridized carbons (Fsp3) is 0.122. The molecule has 0 aliphatic rings. The van der Waals surface area contributed by atoms with Crippen LogP contribution in [-0.2, 0) is 5.41 Å². The summed E-state index contributed by atoms with van der Waals surface area (Å²) in [5.74, 6) is 0. The predicted molar refractivity (Wildman–Crippen MR) is 180 cm³/mol. The van der Waals surface area contributed by atoms with Crippen molar-refractivity contribution in [3.8, 4) is 33.4 Å². The van der Waals surface area contributed by atoms with Gasteiger partial charge >= 0.3 is 0 Å². The fourth-order valence-electron chi connectivity index (χ4n) is 6.04. The third kappa shape index (κ3) is 4.81. The molecule has 0 fully saturated rings. The quantitative estimate of drug-likeness (QED) is 0.154. The Hall–Kier alpha value is -4.68. The van der Waals surface area contributed by atoms with Crippen LogP contribution in [0.1, 0.15) is 38.8 Å². The van der Waals surface area contributed by atoms with Crippen LogP contribution < -0.4 is 0 Å². The minimum atomic E-state index is 0.0416. The van der Waals surface area contributed by atoms with Crippen molar-refractivity contribution in [1.29, 1.82) is 0 Å². The zero-order valence-electron chi connectivity index (χ0n) is 24.4. The Kier molecular flexibility index (Phi) is 6.93. The third-order valence-corrected chi connectivity index (χ3v) is 8.21. The van der Waals surface area contributed by atoms with Crippen LogP contribution in [0.2, 0.25) is 0 Å². The number of benzene rings is 6. The summed E-state index contributed by atoms with van der Waals surface area (Å²) in [4.78, 5) is 0. The topological polar surface area (TPSA) is 0 Å². The second kappa shape index (κ2) is 10.7. The lowest BCUT2D eigenvalue weighted by Gasteiger charge is -2.24. The van der Waals surface area contributed by atoms with E-state index in [4.69, 9.17) is 0 Å². The standard InChI is InChI=1S/C41H36/c1-6-28(7-2)39-35-19-13-14-20-36(35)40(37-26-25-32(27-38(37)39)41(3,4)5)34-18-12-11-17-33(34)31-23-21-30(22-24-31)29-15-9-8-10-16-29/h6-27H,1H2,2-5H3/b28-7+. The van der Waals surface area contributed by atoms with E-state index in [1.807, 2.05) is 6.08 Å². The minimum absolute atomic E-state index is 0.0416. The lowest BCUT2D eigenvalue weighted by Crippen LogP contribution is -2.11. The first-order chi connectivity index (χ1) is 19.9. The zero-order chi connectivity index (χ0) is 28.6. The van der Waals surface area contributed by atoms with Gasteiger partial charge in [0.05, 0.1) is 0 Å². The highest BCUT2D eigenvalue weighted by molar-refractivity contribution is 6.20. The second-order valence-electron chi connectivity index (χ2n) is 11.7. The van der Waals surface area contributed by atoms with E-state index < -0.39 is 0 Å². The van der Waals surface area contributed by atoms with E-state index in [2.05, 4.69) is 162 Å². The van der Waals surface area contributed by atoms with E-state index in [9.17, 15) is 0 Å². The molecule has 0 aliphatic heterocycles. The Morgan fingerprint density at radius 3 is 1.78 bits per heavy atom. The van der Waals surface area contributed by atoms with Gasteiger partial charge in [0, 0.05) is 0 Å². The van der Waals surface area contributed by atoms with Crippen molar-refractivity contribution in [3.63, 3.8) is 0 Å². The van der Waals surface area contributed by atoms with E-state index in [0.717, 1.165) is 5.57 Å². The second-order valence-corrected chi connectivity index (χ2v) is 11.7. The van der Waals surface area contributed by atoms with Gasteiger partial charge in [0.1, 0.15) is 0 Å². The highest BCUT2D eigenvalue weighted by Crippen LogP contribution is 2.45. The van der Waals surface area contributed by atoms with Crippen LogP contribution in [0.3, 0.4) is 0 Å². The summed E-state index contributed by atoms with van der Waals surface area (Å²) in [7, 11) is 0. The third-order valence-electron chi connectivity index (χ3n) is 8.21. The van der Waals surface area contributed by atoms with Gasteiger partial charge in [-0.15, -0.1) is 0 Å². The lowest BCUT2D eigenvalue weighted by atomic mass is 9.80. The number of rotatable bonds is 5. The predicted octanol–water partition coefficient (Wildman–Crippen LogP) is 11.9. The summed E-state index contributed by atoms with van der Waals surface area (Å²) in [6.07, 6.45) is 4.17. The average Bonchev–Trinajstić information content (AvgIpc) is 3.01. The molecule has 200 valence electrons. The highest BCUT2D eigenvalue weighted by Gasteiger charge is 2.21. The summed E-state index contributed by atoms with van der Waals surface area (Å²) in [5.41, 5.74) is 11.2. The number of allylic oxidation sites excluding steroid dienone is 3. The Labute approximate surface area is 244 Å². The van der Waals surface area contributed by atoms with Gasteiger partial charge in [-0.25, -0.2) is 0 Å². The van der Waals surface area contributed by atoms with E-state index in [0.29, 0.717) is 0 Å². The van der Waals surface area contributed by atoms with Crippen LogP contribution in [0.4, 0.5) is 0 Å². The molecular formula is C41H36. The summed E-state index contributed by atoms with van der Waals surface area (Å²) in [6.45, 7) is 13.2. The summed E-state index contributed by atoms with van der Waals surface area (Å²) < 4.78 is 0. The highest BCUT2D eigenvalue weighted by atomic mass is 14.2. The first-order valence-electron chi connectivity index (χ1n) is 14.4. The summed E-state index contributed by atoms with van der Waals surface area (Å²) in [5, 5.41) is 5.05. The molecule has 0 saturated carbocycles. The van der Waals surface area contributed by atoms with Crippen molar-refractivity contribution in [3.05, 3.63) is 151 Å². The molecule has 6 aromatic carbocycles. The van der Waals surface area contributed by atoms with Gasteiger partial charge in [0.15, 0.2) is 0 Å². The molecule has 0 atom stereocenters. The van der Waals surface area contributed by atoms with Gasteiger partial charge in [0.25, 0.3) is 0 Å². The monoisotopic (exact) mass is 528 g/mol. The molecule has 0 amide bonds. The molecule has 41 heavy (non-hydrogen) atoms. The van der Waals surface area contributed by atoms with E-state index in [1.165, 1.54) is 66.1 Å². The van der Waals surface area contributed by atoms with Gasteiger partial charge in [-0.3, -0.25) is 0 Å². The van der Waals surface area contributed by atoms with Crippen LogP contribution in [0.15, 0.2) is 140 Å². The van der Waals surface area contributed by atoms with Crippen LogP contribution >= 0.6 is 0 Å². The molecule has 0 bridgehead atoms. The maximum atomic E-state index is 4.19. The molecule has 0 heteroatoms. The molecule has 0 aliphatic carbocycles. The molecular weight excluding hydrogens is 492 g/mol. The molecule has 6 rings (SSSR count). The molecule has 0 unspecified atom stereocenters. The number of hydrogen-bond acceptors (Lipinski definition) is 0. The maximum Gasteiger partial charge on any atom is -0.00201 e.